The summed E-state index contributed by atoms with van der Waals surface area (Å²) in [4.78, 5) is 4.12. The van der Waals surface area contributed by atoms with Crippen LogP contribution < -0.4 is 5.73 Å². The molecule has 0 aliphatic heterocycles. The molecule has 106 valence electrons. The number of aromatic nitrogens is 1. The normalized spacial score (nSPS) is 25.2. The average molecular weight is 262 g/mol. The number of aryl methyl sites for hydroxylation is 1. The molecule has 1 aliphatic carbocycles. The van der Waals surface area contributed by atoms with E-state index in [1.165, 1.54) is 25.7 Å². The van der Waals surface area contributed by atoms with Gasteiger partial charge in [-0.1, -0.05) is 32.6 Å². The monoisotopic (exact) mass is 262 g/mol. The number of hydrogen-bond donors (Lipinski definition) is 2. The molecule has 1 aliphatic rings. The third-order valence-corrected chi connectivity index (χ3v) is 4.57. The molecular formula is C16H26N2O. The van der Waals surface area contributed by atoms with Gasteiger partial charge in [0.05, 0.1) is 6.10 Å². The molecule has 1 atom stereocenters. The average Bonchev–Trinajstić information content (AvgIpc) is 2.39. The summed E-state index contributed by atoms with van der Waals surface area (Å²) in [5, 5.41) is 10.6. The van der Waals surface area contributed by atoms with Gasteiger partial charge in [-0.3, -0.25) is 0 Å². The lowest BCUT2D eigenvalue weighted by Gasteiger charge is -2.32. The molecule has 1 saturated carbocycles. The summed E-state index contributed by atoms with van der Waals surface area (Å²) in [6.45, 7) is 4.25. The predicted octanol–water partition coefficient (Wildman–Crippen LogP) is 3.61. The summed E-state index contributed by atoms with van der Waals surface area (Å²) >= 11 is 0. The van der Waals surface area contributed by atoms with Crippen LogP contribution in [-0.2, 0) is 0 Å². The first-order valence-electron chi connectivity index (χ1n) is 7.52. The van der Waals surface area contributed by atoms with Gasteiger partial charge in [-0.25, -0.2) is 4.98 Å². The largest absolute Gasteiger partial charge is 0.388 e. The van der Waals surface area contributed by atoms with Gasteiger partial charge in [0.1, 0.15) is 5.82 Å². The minimum Gasteiger partial charge on any atom is -0.388 e. The van der Waals surface area contributed by atoms with Gasteiger partial charge in [-0.15, -0.1) is 0 Å². The molecule has 0 aromatic carbocycles. The number of nitrogens with two attached hydrogens (primary N) is 1. The predicted molar refractivity (Wildman–Crippen MR) is 78.7 cm³/mol. The van der Waals surface area contributed by atoms with Crippen molar-refractivity contribution in [3.05, 3.63) is 23.4 Å². The fraction of sp³-hybridized carbons (Fsp3) is 0.688. The number of hydrogen-bond acceptors (Lipinski definition) is 3. The van der Waals surface area contributed by atoms with Crippen LogP contribution in [0, 0.1) is 18.8 Å². The van der Waals surface area contributed by atoms with Crippen LogP contribution >= 0.6 is 0 Å². The summed E-state index contributed by atoms with van der Waals surface area (Å²) in [5.41, 5.74) is 7.83. The molecule has 1 aromatic heterocycles. The number of pyridine rings is 1. The zero-order valence-corrected chi connectivity index (χ0v) is 12.1. The molecule has 1 fully saturated rings. The Morgan fingerprint density at radius 3 is 2.63 bits per heavy atom. The van der Waals surface area contributed by atoms with E-state index >= 15 is 0 Å². The molecule has 0 spiro atoms. The highest BCUT2D eigenvalue weighted by molar-refractivity contribution is 5.45. The third kappa shape index (κ3) is 3.27. The molecule has 2 rings (SSSR count). The van der Waals surface area contributed by atoms with Gasteiger partial charge >= 0.3 is 0 Å². The number of nitrogen functional groups attached to an aromatic ring is 1. The smallest absolute Gasteiger partial charge is 0.129 e. The molecule has 0 bridgehead atoms. The summed E-state index contributed by atoms with van der Waals surface area (Å²) < 4.78 is 0. The topological polar surface area (TPSA) is 59.1 Å². The zero-order chi connectivity index (χ0) is 13.8. The SMILES string of the molecule is CCCC1CCC(C(O)c2c(C)ccnc2N)CC1. The van der Waals surface area contributed by atoms with Crippen LogP contribution in [0.15, 0.2) is 12.3 Å². The Morgan fingerprint density at radius 2 is 2.05 bits per heavy atom. The standard InChI is InChI=1S/C16H26N2O/c1-3-4-12-5-7-13(8-6-12)15(19)14-11(2)9-10-18-16(14)17/h9-10,12-13,15,19H,3-8H2,1-2H3,(H2,17,18). The van der Waals surface area contributed by atoms with Gasteiger partial charge in [0.2, 0.25) is 0 Å². The Bertz CT molecular complexity index is 391. The maximum absolute atomic E-state index is 10.6. The summed E-state index contributed by atoms with van der Waals surface area (Å²) in [6.07, 6.45) is 8.57. The second kappa shape index (κ2) is 6.38. The summed E-state index contributed by atoms with van der Waals surface area (Å²) in [6, 6.07) is 1.93. The van der Waals surface area contributed by atoms with Crippen LogP contribution in [0.3, 0.4) is 0 Å². The maximum atomic E-state index is 10.6. The minimum atomic E-state index is -0.448. The Hall–Kier alpha value is -1.09. The van der Waals surface area contributed by atoms with Crippen molar-refractivity contribution < 1.29 is 5.11 Å². The van der Waals surface area contributed by atoms with Crippen LogP contribution in [0.5, 0.6) is 0 Å². The lowest BCUT2D eigenvalue weighted by molar-refractivity contribution is 0.0721. The molecule has 0 amide bonds. The van der Waals surface area contributed by atoms with Gasteiger partial charge < -0.3 is 10.8 Å². The molecule has 19 heavy (non-hydrogen) atoms. The van der Waals surface area contributed by atoms with Gasteiger partial charge in [-0.05, 0) is 43.2 Å². The maximum Gasteiger partial charge on any atom is 0.129 e. The van der Waals surface area contributed by atoms with E-state index < -0.39 is 6.10 Å². The van der Waals surface area contributed by atoms with E-state index in [0.29, 0.717) is 11.7 Å². The second-order valence-electron chi connectivity index (χ2n) is 5.94. The van der Waals surface area contributed by atoms with Gasteiger partial charge in [-0.2, -0.15) is 0 Å². The van der Waals surface area contributed by atoms with Gasteiger partial charge in [0.25, 0.3) is 0 Å². The molecule has 3 N–H and O–H groups in total. The van der Waals surface area contributed by atoms with E-state index in [1.807, 2.05) is 13.0 Å². The molecule has 3 nitrogen and oxygen atoms in total. The Morgan fingerprint density at radius 1 is 1.37 bits per heavy atom. The van der Waals surface area contributed by atoms with E-state index in [4.69, 9.17) is 5.73 Å². The van der Waals surface area contributed by atoms with Gasteiger partial charge in [0, 0.05) is 11.8 Å². The van der Waals surface area contributed by atoms with Crippen LogP contribution in [0.4, 0.5) is 5.82 Å². The zero-order valence-electron chi connectivity index (χ0n) is 12.1. The minimum absolute atomic E-state index is 0.346. The number of aliphatic hydroxyl groups is 1. The molecule has 0 radical (unpaired) electrons. The molecule has 1 unspecified atom stereocenters. The fourth-order valence-corrected chi connectivity index (χ4v) is 3.41. The van der Waals surface area contributed by atoms with Crippen LogP contribution in [0.25, 0.3) is 0 Å². The molecular weight excluding hydrogens is 236 g/mol. The van der Waals surface area contributed by atoms with E-state index in [1.54, 1.807) is 6.20 Å². The number of nitrogens with zero attached hydrogens (tertiary/aromatic N) is 1. The first kappa shape index (κ1) is 14.3. The molecule has 1 heterocycles. The first-order valence-corrected chi connectivity index (χ1v) is 7.52. The lowest BCUT2D eigenvalue weighted by atomic mass is 9.76. The van der Waals surface area contributed by atoms with E-state index in [-0.39, 0.29) is 0 Å². The Labute approximate surface area is 116 Å². The van der Waals surface area contributed by atoms with Crippen molar-refractivity contribution in [2.75, 3.05) is 5.73 Å². The summed E-state index contributed by atoms with van der Waals surface area (Å²) in [7, 11) is 0. The highest BCUT2D eigenvalue weighted by Crippen LogP contribution is 2.40. The van der Waals surface area contributed by atoms with Crippen LogP contribution in [0.2, 0.25) is 0 Å². The highest BCUT2D eigenvalue weighted by atomic mass is 16.3. The van der Waals surface area contributed by atoms with E-state index in [2.05, 4.69) is 11.9 Å². The summed E-state index contributed by atoms with van der Waals surface area (Å²) in [5.74, 6) is 1.70. The van der Waals surface area contributed by atoms with Crippen molar-refractivity contribution in [1.29, 1.82) is 0 Å². The Balaban J connectivity index is 2.03. The van der Waals surface area contributed by atoms with Crippen molar-refractivity contribution >= 4 is 5.82 Å². The van der Waals surface area contributed by atoms with Crippen molar-refractivity contribution in [2.24, 2.45) is 11.8 Å². The van der Waals surface area contributed by atoms with Crippen LogP contribution in [0.1, 0.15) is 62.7 Å². The fourth-order valence-electron chi connectivity index (χ4n) is 3.41. The van der Waals surface area contributed by atoms with Crippen LogP contribution in [-0.4, -0.2) is 10.1 Å². The number of aliphatic hydroxyl groups excluding tert-OH is 1. The highest BCUT2D eigenvalue weighted by Gasteiger charge is 2.29. The first-order chi connectivity index (χ1) is 9.13. The second-order valence-corrected chi connectivity index (χ2v) is 5.94. The van der Waals surface area contributed by atoms with Crippen molar-refractivity contribution in [1.82, 2.24) is 4.98 Å². The van der Waals surface area contributed by atoms with E-state index in [0.717, 1.165) is 29.9 Å². The number of rotatable bonds is 4. The number of anilines is 1. The van der Waals surface area contributed by atoms with Crippen molar-refractivity contribution in [2.45, 2.75) is 58.5 Å². The molecule has 0 saturated heterocycles. The molecule has 3 heteroatoms. The lowest BCUT2D eigenvalue weighted by Crippen LogP contribution is -2.22. The van der Waals surface area contributed by atoms with Gasteiger partial charge in [0.15, 0.2) is 0 Å². The Kier molecular flexibility index (Phi) is 4.81. The third-order valence-electron chi connectivity index (χ3n) is 4.57. The van der Waals surface area contributed by atoms with E-state index in [9.17, 15) is 5.11 Å². The quantitative estimate of drug-likeness (QED) is 0.871. The molecule has 1 aromatic rings. The van der Waals surface area contributed by atoms with Crippen molar-refractivity contribution in [3.8, 4) is 0 Å². The van der Waals surface area contributed by atoms with Crippen molar-refractivity contribution in [3.63, 3.8) is 0 Å².